The first kappa shape index (κ1) is 17.2. The van der Waals surface area contributed by atoms with E-state index in [4.69, 9.17) is 4.42 Å². The predicted molar refractivity (Wildman–Crippen MR) is 101 cm³/mol. The van der Waals surface area contributed by atoms with Gasteiger partial charge < -0.3 is 4.42 Å². The molecule has 6 heteroatoms. The van der Waals surface area contributed by atoms with Crippen LogP contribution < -0.4 is 5.43 Å². The van der Waals surface area contributed by atoms with Crippen LogP contribution in [-0.4, -0.2) is 22.9 Å². The Kier molecular flexibility index (Phi) is 5.50. The van der Waals surface area contributed by atoms with Gasteiger partial charge in [-0.15, -0.1) is 0 Å². The fourth-order valence-corrected chi connectivity index (χ4v) is 2.85. The lowest BCUT2D eigenvalue weighted by atomic mass is 10.0. The molecule has 2 aromatic carbocycles. The maximum absolute atomic E-state index is 11.9. The molecule has 1 aromatic heterocycles. The minimum Gasteiger partial charge on any atom is -0.431 e. The van der Waals surface area contributed by atoms with Gasteiger partial charge in [0.1, 0.15) is 5.52 Å². The fraction of sp³-hybridized carbons (Fsp3) is 0.211. The predicted octanol–water partition coefficient (Wildman–Crippen LogP) is 4.19. The van der Waals surface area contributed by atoms with Crippen LogP contribution in [0.1, 0.15) is 30.9 Å². The van der Waals surface area contributed by atoms with Crippen LogP contribution in [0.25, 0.3) is 11.1 Å². The van der Waals surface area contributed by atoms with Crippen molar-refractivity contribution in [1.29, 1.82) is 0 Å². The molecule has 0 fully saturated rings. The van der Waals surface area contributed by atoms with Crippen LogP contribution in [0.15, 0.2) is 63.3 Å². The highest BCUT2D eigenvalue weighted by molar-refractivity contribution is 7.99. The minimum atomic E-state index is -0.206. The first-order chi connectivity index (χ1) is 12.1. The number of hydrogen-bond acceptors (Lipinski definition) is 5. The molecule has 1 N–H and O–H groups in total. The quantitative estimate of drug-likeness (QED) is 0.410. The van der Waals surface area contributed by atoms with E-state index in [0.717, 1.165) is 11.1 Å². The van der Waals surface area contributed by atoms with E-state index in [-0.39, 0.29) is 11.7 Å². The maximum atomic E-state index is 11.9. The van der Waals surface area contributed by atoms with Gasteiger partial charge in [0.15, 0.2) is 5.58 Å². The first-order valence-electron chi connectivity index (χ1n) is 8.02. The Hall–Kier alpha value is -2.60. The molecule has 1 heterocycles. The molecule has 0 aliphatic carbocycles. The molecule has 0 radical (unpaired) electrons. The number of carbonyl (C=O) groups is 1. The smallest absolute Gasteiger partial charge is 0.257 e. The van der Waals surface area contributed by atoms with Crippen molar-refractivity contribution in [2.45, 2.75) is 25.0 Å². The third-order valence-corrected chi connectivity index (χ3v) is 4.44. The summed E-state index contributed by atoms with van der Waals surface area (Å²) in [5.41, 5.74) is 6.23. The lowest BCUT2D eigenvalue weighted by Crippen LogP contribution is -2.19. The number of amides is 1. The Balaban J connectivity index is 1.48. The van der Waals surface area contributed by atoms with E-state index in [9.17, 15) is 4.79 Å². The van der Waals surface area contributed by atoms with Crippen LogP contribution in [-0.2, 0) is 4.79 Å². The van der Waals surface area contributed by atoms with Crippen molar-refractivity contribution in [3.05, 3.63) is 59.7 Å². The van der Waals surface area contributed by atoms with Crippen molar-refractivity contribution < 1.29 is 9.21 Å². The lowest BCUT2D eigenvalue weighted by Gasteiger charge is -2.04. The van der Waals surface area contributed by atoms with Gasteiger partial charge in [-0.05, 0) is 29.2 Å². The van der Waals surface area contributed by atoms with Gasteiger partial charge in [0.2, 0.25) is 0 Å². The van der Waals surface area contributed by atoms with Crippen molar-refractivity contribution in [3.63, 3.8) is 0 Å². The van der Waals surface area contributed by atoms with Gasteiger partial charge >= 0.3 is 0 Å². The van der Waals surface area contributed by atoms with Crippen molar-refractivity contribution >= 4 is 35.0 Å². The van der Waals surface area contributed by atoms with Crippen LogP contribution in [0.5, 0.6) is 0 Å². The van der Waals surface area contributed by atoms with E-state index in [1.807, 2.05) is 36.4 Å². The average molecular weight is 353 g/mol. The summed E-state index contributed by atoms with van der Waals surface area (Å²) in [7, 11) is 0. The number of nitrogens with zero attached hydrogens (tertiary/aromatic N) is 2. The van der Waals surface area contributed by atoms with Gasteiger partial charge in [-0.25, -0.2) is 10.4 Å². The van der Waals surface area contributed by atoms with Gasteiger partial charge in [0.25, 0.3) is 11.1 Å². The fourth-order valence-electron chi connectivity index (χ4n) is 2.22. The van der Waals surface area contributed by atoms with Crippen LogP contribution in [0.2, 0.25) is 0 Å². The molecule has 0 aliphatic heterocycles. The Morgan fingerprint density at radius 1 is 1.24 bits per heavy atom. The Labute approximate surface area is 150 Å². The molecular weight excluding hydrogens is 334 g/mol. The number of rotatable bonds is 6. The summed E-state index contributed by atoms with van der Waals surface area (Å²) in [4.78, 5) is 16.2. The summed E-state index contributed by atoms with van der Waals surface area (Å²) in [6.45, 7) is 4.30. The molecule has 128 valence electrons. The molecule has 25 heavy (non-hydrogen) atoms. The lowest BCUT2D eigenvalue weighted by molar-refractivity contribution is -0.118. The molecule has 0 aliphatic rings. The molecule has 0 unspecified atom stereocenters. The highest BCUT2D eigenvalue weighted by Crippen LogP contribution is 2.22. The zero-order chi connectivity index (χ0) is 17.6. The van der Waals surface area contributed by atoms with E-state index < -0.39 is 0 Å². The highest BCUT2D eigenvalue weighted by atomic mass is 32.2. The number of oxazole rings is 1. The summed E-state index contributed by atoms with van der Waals surface area (Å²) in [5.74, 6) is 0.480. The molecule has 0 bridgehead atoms. The van der Waals surface area contributed by atoms with Gasteiger partial charge in [-0.3, -0.25) is 4.79 Å². The number of hydrogen-bond donors (Lipinski definition) is 1. The maximum Gasteiger partial charge on any atom is 0.257 e. The van der Waals surface area contributed by atoms with E-state index in [2.05, 4.69) is 41.5 Å². The second-order valence-corrected chi connectivity index (χ2v) is 6.78. The number of fused-ring (bicyclic) bond motifs is 1. The molecule has 0 saturated carbocycles. The van der Waals surface area contributed by atoms with Gasteiger partial charge in [0, 0.05) is 0 Å². The number of para-hydroxylation sites is 2. The molecule has 1 amide bonds. The van der Waals surface area contributed by atoms with Crippen LogP contribution >= 0.6 is 11.8 Å². The number of benzene rings is 2. The summed E-state index contributed by atoms with van der Waals surface area (Å²) in [5, 5.41) is 4.46. The number of carbonyl (C=O) groups excluding carboxylic acids is 1. The minimum absolute atomic E-state index is 0.191. The summed E-state index contributed by atoms with van der Waals surface area (Å²) < 4.78 is 5.56. The SMILES string of the molecule is CC(C)c1ccc(C=NNC(=O)CSc2nc3ccccc3o2)cc1. The van der Waals surface area contributed by atoms with Crippen LogP contribution in [0.4, 0.5) is 0 Å². The zero-order valence-corrected chi connectivity index (χ0v) is 14.9. The Morgan fingerprint density at radius 3 is 2.72 bits per heavy atom. The van der Waals surface area contributed by atoms with E-state index in [1.165, 1.54) is 17.3 Å². The summed E-state index contributed by atoms with van der Waals surface area (Å²) >= 11 is 1.24. The summed E-state index contributed by atoms with van der Waals surface area (Å²) in [6, 6.07) is 15.6. The average Bonchev–Trinajstić information content (AvgIpc) is 3.03. The molecule has 3 aromatic rings. The van der Waals surface area contributed by atoms with Crippen molar-refractivity contribution in [2.75, 3.05) is 5.75 Å². The topological polar surface area (TPSA) is 67.5 Å². The highest BCUT2D eigenvalue weighted by Gasteiger charge is 2.08. The van der Waals surface area contributed by atoms with E-state index >= 15 is 0 Å². The second-order valence-electron chi connectivity index (χ2n) is 5.85. The van der Waals surface area contributed by atoms with Gasteiger partial charge in [0.05, 0.1) is 12.0 Å². The van der Waals surface area contributed by atoms with Crippen molar-refractivity contribution in [1.82, 2.24) is 10.4 Å². The molecule has 3 rings (SSSR count). The number of aromatic nitrogens is 1. The van der Waals surface area contributed by atoms with Crippen LogP contribution in [0.3, 0.4) is 0 Å². The number of hydrazone groups is 1. The molecular formula is C19H19N3O2S. The molecule has 5 nitrogen and oxygen atoms in total. The number of thioether (sulfide) groups is 1. The third-order valence-electron chi connectivity index (χ3n) is 3.61. The second kappa shape index (κ2) is 7.98. The first-order valence-corrected chi connectivity index (χ1v) is 9.00. The Bertz CT molecular complexity index is 852. The number of nitrogens with one attached hydrogen (secondary N) is 1. The molecule has 0 atom stereocenters. The Morgan fingerprint density at radius 2 is 2.00 bits per heavy atom. The standard InChI is InChI=1S/C19H19N3O2S/c1-13(2)15-9-7-14(8-10-15)11-20-22-18(23)12-25-19-21-16-5-3-4-6-17(16)24-19/h3-11,13H,12H2,1-2H3,(H,22,23). The molecule has 0 spiro atoms. The molecule has 0 saturated heterocycles. The third kappa shape index (κ3) is 4.70. The van der Waals surface area contributed by atoms with Crippen molar-refractivity contribution in [2.24, 2.45) is 5.10 Å². The zero-order valence-electron chi connectivity index (χ0n) is 14.1. The monoisotopic (exact) mass is 353 g/mol. The van der Waals surface area contributed by atoms with Crippen molar-refractivity contribution in [3.8, 4) is 0 Å². The largest absolute Gasteiger partial charge is 0.431 e. The normalized spacial score (nSPS) is 11.5. The van der Waals surface area contributed by atoms with E-state index in [1.54, 1.807) is 6.21 Å². The van der Waals surface area contributed by atoms with Crippen LogP contribution in [0, 0.1) is 0 Å². The van der Waals surface area contributed by atoms with E-state index in [0.29, 0.717) is 16.7 Å². The van der Waals surface area contributed by atoms with Gasteiger partial charge in [-0.1, -0.05) is 62.0 Å². The van der Waals surface area contributed by atoms with Gasteiger partial charge in [-0.2, -0.15) is 5.10 Å². The summed E-state index contributed by atoms with van der Waals surface area (Å²) in [6.07, 6.45) is 1.63.